The maximum Gasteiger partial charge on any atom is 0.251 e. The summed E-state index contributed by atoms with van der Waals surface area (Å²) in [6.45, 7) is 2.75. The van der Waals surface area contributed by atoms with E-state index in [-0.39, 0.29) is 23.7 Å². The van der Waals surface area contributed by atoms with Gasteiger partial charge in [-0.25, -0.2) is 9.38 Å². The first-order valence-corrected chi connectivity index (χ1v) is 10.0. The number of nitrogens with zero attached hydrogens (tertiary/aromatic N) is 1. The molecule has 2 aromatic rings. The number of benzene rings is 2. The minimum Gasteiger partial charge on any atom is -0.376 e. The third-order valence-corrected chi connectivity index (χ3v) is 5.23. The lowest BCUT2D eigenvalue weighted by molar-refractivity contribution is 0.0953. The Bertz CT molecular complexity index is 992. The molecule has 2 unspecified atom stereocenters. The van der Waals surface area contributed by atoms with Gasteiger partial charge in [0.1, 0.15) is 5.82 Å². The van der Waals surface area contributed by atoms with E-state index in [4.69, 9.17) is 4.99 Å². The quantitative estimate of drug-likeness (QED) is 0.706. The Morgan fingerprint density at radius 2 is 1.93 bits per heavy atom. The highest BCUT2D eigenvalue weighted by Gasteiger charge is 2.28. The van der Waals surface area contributed by atoms with Crippen molar-refractivity contribution >= 4 is 23.0 Å². The fraction of sp³-hybridized carbons (Fsp3) is 0.250. The van der Waals surface area contributed by atoms with Gasteiger partial charge in [0.2, 0.25) is 0 Å². The van der Waals surface area contributed by atoms with Crippen LogP contribution in [0.3, 0.4) is 0 Å². The summed E-state index contributed by atoms with van der Waals surface area (Å²) >= 11 is 0. The van der Waals surface area contributed by atoms with Gasteiger partial charge < -0.3 is 10.6 Å². The number of nitrogens with one attached hydrogen (secondary N) is 2. The van der Waals surface area contributed by atoms with Crippen molar-refractivity contribution in [2.75, 3.05) is 11.9 Å². The van der Waals surface area contributed by atoms with Crippen LogP contribution in [0.1, 0.15) is 35.7 Å². The first-order chi connectivity index (χ1) is 14.2. The maximum atomic E-state index is 13.5. The van der Waals surface area contributed by atoms with Crippen LogP contribution in [0.2, 0.25) is 0 Å². The molecule has 0 radical (unpaired) electrons. The van der Waals surface area contributed by atoms with Crippen LogP contribution >= 0.6 is 0 Å². The third kappa shape index (κ3) is 4.14. The van der Waals surface area contributed by atoms with Gasteiger partial charge in [-0.1, -0.05) is 49.8 Å². The van der Waals surface area contributed by atoms with Crippen LogP contribution in [0.25, 0.3) is 0 Å². The fourth-order valence-electron chi connectivity index (χ4n) is 3.64. The van der Waals surface area contributed by atoms with Crippen molar-refractivity contribution in [2.45, 2.75) is 25.8 Å². The summed E-state index contributed by atoms with van der Waals surface area (Å²) in [5.74, 6) is -0.357. The zero-order valence-corrected chi connectivity index (χ0v) is 16.4. The molecule has 4 rings (SSSR count). The van der Waals surface area contributed by atoms with Crippen LogP contribution in [-0.2, 0) is 0 Å². The number of fused-ring (bicyclic) bond motifs is 2. The van der Waals surface area contributed by atoms with Crippen LogP contribution in [0.4, 0.5) is 15.8 Å². The minimum atomic E-state index is -0.275. The summed E-state index contributed by atoms with van der Waals surface area (Å²) in [6.07, 6.45) is 10.2. The van der Waals surface area contributed by atoms with Crippen molar-refractivity contribution in [2.24, 2.45) is 10.9 Å². The second kappa shape index (κ2) is 8.43. The summed E-state index contributed by atoms with van der Waals surface area (Å²) in [6, 6.07) is 12.0. The number of aliphatic imine (C=N–C) groups is 1. The molecule has 148 valence electrons. The molecule has 0 bridgehead atoms. The Hall–Kier alpha value is -3.21. The van der Waals surface area contributed by atoms with Crippen LogP contribution < -0.4 is 10.6 Å². The topological polar surface area (TPSA) is 53.5 Å². The van der Waals surface area contributed by atoms with Crippen molar-refractivity contribution in [3.05, 3.63) is 83.7 Å². The molecule has 0 aromatic heterocycles. The SMILES string of the molecule is CCCCNC(=O)c1ccc2c(c1)N=C(c1ccc(F)cc1)C1C=CC=CC1N2. The number of allylic oxidation sites excluding steroid dienone is 2. The Kier molecular flexibility index (Phi) is 5.56. The number of anilines is 1. The average molecular weight is 389 g/mol. The van der Waals surface area contributed by atoms with E-state index in [1.807, 2.05) is 30.4 Å². The summed E-state index contributed by atoms with van der Waals surface area (Å²) < 4.78 is 13.5. The van der Waals surface area contributed by atoms with Gasteiger partial charge in [-0.3, -0.25) is 4.79 Å². The van der Waals surface area contributed by atoms with Gasteiger partial charge in [-0.2, -0.15) is 0 Å². The highest BCUT2D eigenvalue weighted by molar-refractivity contribution is 6.07. The lowest BCUT2D eigenvalue weighted by atomic mass is 9.87. The van der Waals surface area contributed by atoms with E-state index >= 15 is 0 Å². The van der Waals surface area contributed by atoms with Gasteiger partial charge in [0, 0.05) is 18.0 Å². The Morgan fingerprint density at radius 1 is 1.14 bits per heavy atom. The van der Waals surface area contributed by atoms with E-state index in [9.17, 15) is 9.18 Å². The molecule has 5 heteroatoms. The Morgan fingerprint density at radius 3 is 2.72 bits per heavy atom. The lowest BCUT2D eigenvalue weighted by Crippen LogP contribution is -2.32. The van der Waals surface area contributed by atoms with E-state index < -0.39 is 0 Å². The number of amides is 1. The van der Waals surface area contributed by atoms with Gasteiger partial charge in [-0.15, -0.1) is 0 Å². The second-order valence-corrected chi connectivity index (χ2v) is 7.31. The minimum absolute atomic E-state index is 0.0136. The molecule has 0 saturated carbocycles. The Labute approximate surface area is 170 Å². The van der Waals surface area contributed by atoms with Crippen LogP contribution in [0.15, 0.2) is 71.8 Å². The molecule has 2 aromatic carbocycles. The van der Waals surface area contributed by atoms with E-state index in [1.165, 1.54) is 12.1 Å². The molecular formula is C24H24FN3O. The van der Waals surface area contributed by atoms with Crippen LogP contribution in [0.5, 0.6) is 0 Å². The van der Waals surface area contributed by atoms with Crippen molar-refractivity contribution in [3.8, 4) is 0 Å². The molecule has 2 N–H and O–H groups in total. The van der Waals surface area contributed by atoms with E-state index in [0.717, 1.165) is 29.8 Å². The first-order valence-electron chi connectivity index (χ1n) is 10.0. The number of halogens is 1. The number of unbranched alkanes of at least 4 members (excludes halogenated alkanes) is 1. The van der Waals surface area contributed by atoms with Crippen LogP contribution in [0, 0.1) is 11.7 Å². The number of carbonyl (C=O) groups excluding carboxylic acids is 1. The Balaban J connectivity index is 1.74. The van der Waals surface area contributed by atoms with Gasteiger partial charge >= 0.3 is 0 Å². The normalized spacial score (nSPS) is 19.4. The molecule has 0 fully saturated rings. The lowest BCUT2D eigenvalue weighted by Gasteiger charge is -2.25. The van der Waals surface area contributed by atoms with Gasteiger partial charge in [0.05, 0.1) is 23.1 Å². The third-order valence-electron chi connectivity index (χ3n) is 5.23. The van der Waals surface area contributed by atoms with Gasteiger partial charge in [0.25, 0.3) is 5.91 Å². The van der Waals surface area contributed by atoms with Crippen molar-refractivity contribution in [1.29, 1.82) is 0 Å². The average Bonchev–Trinajstić information content (AvgIpc) is 2.90. The highest BCUT2D eigenvalue weighted by atomic mass is 19.1. The molecule has 29 heavy (non-hydrogen) atoms. The van der Waals surface area contributed by atoms with Crippen molar-refractivity contribution < 1.29 is 9.18 Å². The van der Waals surface area contributed by atoms with Crippen LogP contribution in [-0.4, -0.2) is 24.2 Å². The van der Waals surface area contributed by atoms with E-state index in [0.29, 0.717) is 17.8 Å². The zero-order valence-electron chi connectivity index (χ0n) is 16.4. The number of hydrogen-bond donors (Lipinski definition) is 2. The zero-order chi connectivity index (χ0) is 20.2. The highest BCUT2D eigenvalue weighted by Crippen LogP contribution is 2.35. The maximum absolute atomic E-state index is 13.5. The predicted octanol–water partition coefficient (Wildman–Crippen LogP) is 5.01. The molecule has 0 spiro atoms. The molecule has 2 aliphatic rings. The van der Waals surface area contributed by atoms with Gasteiger partial charge in [0.15, 0.2) is 0 Å². The predicted molar refractivity (Wildman–Crippen MR) is 115 cm³/mol. The number of rotatable bonds is 5. The van der Waals surface area contributed by atoms with Crippen molar-refractivity contribution in [1.82, 2.24) is 5.32 Å². The van der Waals surface area contributed by atoms with Gasteiger partial charge in [-0.05, 0) is 42.3 Å². The molecule has 4 nitrogen and oxygen atoms in total. The molecule has 0 saturated heterocycles. The monoisotopic (exact) mass is 389 g/mol. The molecule has 1 heterocycles. The molecule has 1 aliphatic carbocycles. The molecular weight excluding hydrogens is 365 g/mol. The summed E-state index contributed by atoms with van der Waals surface area (Å²) in [5.41, 5.74) is 3.89. The molecule has 2 atom stereocenters. The summed E-state index contributed by atoms with van der Waals surface area (Å²) in [4.78, 5) is 17.4. The number of hydrogen-bond acceptors (Lipinski definition) is 3. The fourth-order valence-corrected chi connectivity index (χ4v) is 3.64. The van der Waals surface area contributed by atoms with Crippen molar-refractivity contribution in [3.63, 3.8) is 0 Å². The second-order valence-electron chi connectivity index (χ2n) is 7.31. The largest absolute Gasteiger partial charge is 0.376 e. The van der Waals surface area contributed by atoms with E-state index in [2.05, 4.69) is 29.7 Å². The summed E-state index contributed by atoms with van der Waals surface area (Å²) in [7, 11) is 0. The standard InChI is InChI=1S/C24H24FN3O/c1-2-3-14-26-24(29)17-10-13-21-22(15-17)28-23(16-8-11-18(25)12-9-16)19-6-4-5-7-20(19)27-21/h4-13,15,19-20,27H,2-3,14H2,1H3,(H,26,29). The molecule has 1 amide bonds. The smallest absolute Gasteiger partial charge is 0.251 e. The number of carbonyl (C=O) groups is 1. The summed E-state index contributed by atoms with van der Waals surface area (Å²) in [5, 5.41) is 6.48. The molecule has 1 aliphatic heterocycles. The first kappa shape index (κ1) is 19.1. The van der Waals surface area contributed by atoms with E-state index in [1.54, 1.807) is 12.1 Å².